The Kier molecular flexibility index (Phi) is 5.50. The standard InChI is InChI=1S/C15H12Cl4O2/c1-20-12-6-9(11(17)7-13(12)21-2)14(18)8-4-3-5-10(16)15(8)19/h3-7,14H,1-2H3. The first-order valence-corrected chi connectivity index (χ1v) is 7.56. The van der Waals surface area contributed by atoms with Crippen LogP contribution < -0.4 is 9.47 Å². The monoisotopic (exact) mass is 364 g/mol. The molecule has 0 bridgehead atoms. The molecular formula is C15H12Cl4O2. The number of alkyl halides is 1. The molecule has 0 spiro atoms. The number of ether oxygens (including phenoxy) is 2. The summed E-state index contributed by atoms with van der Waals surface area (Å²) in [4.78, 5) is 0. The summed E-state index contributed by atoms with van der Waals surface area (Å²) < 4.78 is 10.5. The van der Waals surface area contributed by atoms with E-state index in [1.165, 1.54) is 0 Å². The highest BCUT2D eigenvalue weighted by Gasteiger charge is 2.21. The van der Waals surface area contributed by atoms with Gasteiger partial charge in [0.15, 0.2) is 11.5 Å². The molecule has 6 heteroatoms. The Labute approximate surface area is 143 Å². The van der Waals surface area contributed by atoms with Crippen molar-refractivity contribution in [2.75, 3.05) is 14.2 Å². The van der Waals surface area contributed by atoms with Crippen molar-refractivity contribution >= 4 is 46.4 Å². The zero-order valence-electron chi connectivity index (χ0n) is 11.3. The lowest BCUT2D eigenvalue weighted by Gasteiger charge is -2.17. The van der Waals surface area contributed by atoms with E-state index in [1.807, 2.05) is 0 Å². The van der Waals surface area contributed by atoms with Crippen LogP contribution in [-0.2, 0) is 0 Å². The molecule has 0 aliphatic rings. The van der Waals surface area contributed by atoms with Gasteiger partial charge in [-0.05, 0) is 23.3 Å². The number of halogens is 4. The van der Waals surface area contributed by atoms with Gasteiger partial charge in [-0.1, -0.05) is 46.9 Å². The molecule has 112 valence electrons. The van der Waals surface area contributed by atoms with Crippen LogP contribution in [0.1, 0.15) is 16.5 Å². The van der Waals surface area contributed by atoms with E-state index < -0.39 is 5.38 Å². The van der Waals surface area contributed by atoms with E-state index in [-0.39, 0.29) is 0 Å². The maximum absolute atomic E-state index is 6.51. The molecule has 21 heavy (non-hydrogen) atoms. The van der Waals surface area contributed by atoms with Crippen molar-refractivity contribution in [3.63, 3.8) is 0 Å². The van der Waals surface area contributed by atoms with Crippen LogP contribution in [0.15, 0.2) is 30.3 Å². The molecular weight excluding hydrogens is 354 g/mol. The topological polar surface area (TPSA) is 18.5 Å². The summed E-state index contributed by atoms with van der Waals surface area (Å²) in [6, 6.07) is 8.68. The fraction of sp³-hybridized carbons (Fsp3) is 0.200. The van der Waals surface area contributed by atoms with Gasteiger partial charge in [0.1, 0.15) is 0 Å². The molecule has 2 aromatic carbocycles. The van der Waals surface area contributed by atoms with E-state index in [2.05, 4.69) is 0 Å². The Balaban J connectivity index is 2.53. The minimum Gasteiger partial charge on any atom is -0.493 e. The van der Waals surface area contributed by atoms with E-state index in [9.17, 15) is 0 Å². The number of hydrogen-bond donors (Lipinski definition) is 0. The van der Waals surface area contributed by atoms with Gasteiger partial charge in [-0.2, -0.15) is 0 Å². The summed E-state index contributed by atoms with van der Waals surface area (Å²) in [5.74, 6) is 1.08. The van der Waals surface area contributed by atoms with Crippen LogP contribution in [0, 0.1) is 0 Å². The van der Waals surface area contributed by atoms with Gasteiger partial charge in [0.05, 0.1) is 29.6 Å². The molecule has 0 aromatic heterocycles. The van der Waals surface area contributed by atoms with Crippen LogP contribution in [0.2, 0.25) is 15.1 Å². The van der Waals surface area contributed by atoms with E-state index >= 15 is 0 Å². The number of benzene rings is 2. The minimum atomic E-state index is -0.552. The summed E-state index contributed by atoms with van der Waals surface area (Å²) in [5.41, 5.74) is 1.35. The van der Waals surface area contributed by atoms with Crippen LogP contribution in [0.25, 0.3) is 0 Å². The van der Waals surface area contributed by atoms with Gasteiger partial charge in [0.2, 0.25) is 0 Å². The maximum atomic E-state index is 6.51. The summed E-state index contributed by atoms with van der Waals surface area (Å²) in [6.45, 7) is 0. The third kappa shape index (κ3) is 3.35. The van der Waals surface area contributed by atoms with Gasteiger partial charge in [0.25, 0.3) is 0 Å². The molecule has 0 N–H and O–H groups in total. The summed E-state index contributed by atoms with van der Waals surface area (Å²) in [7, 11) is 3.09. The number of hydrogen-bond acceptors (Lipinski definition) is 2. The maximum Gasteiger partial charge on any atom is 0.162 e. The first-order valence-electron chi connectivity index (χ1n) is 5.99. The predicted molar refractivity (Wildman–Crippen MR) is 88.7 cm³/mol. The van der Waals surface area contributed by atoms with Crippen LogP contribution in [0.4, 0.5) is 0 Å². The molecule has 0 radical (unpaired) electrons. The van der Waals surface area contributed by atoms with E-state index in [4.69, 9.17) is 55.9 Å². The normalized spacial score (nSPS) is 12.1. The van der Waals surface area contributed by atoms with E-state index in [0.29, 0.717) is 37.7 Å². The van der Waals surface area contributed by atoms with Crippen LogP contribution in [-0.4, -0.2) is 14.2 Å². The quantitative estimate of drug-likeness (QED) is 0.619. The highest BCUT2D eigenvalue weighted by atomic mass is 35.5. The van der Waals surface area contributed by atoms with Gasteiger partial charge in [-0.3, -0.25) is 0 Å². The SMILES string of the molecule is COc1cc(Cl)c(C(Cl)c2cccc(Cl)c2Cl)cc1OC. The van der Waals surface area contributed by atoms with Gasteiger partial charge in [-0.15, -0.1) is 11.6 Å². The molecule has 0 amide bonds. The van der Waals surface area contributed by atoms with Crippen molar-refractivity contribution in [1.29, 1.82) is 0 Å². The lowest BCUT2D eigenvalue weighted by Crippen LogP contribution is -1.99. The van der Waals surface area contributed by atoms with Gasteiger partial charge in [-0.25, -0.2) is 0 Å². The number of methoxy groups -OCH3 is 2. The fourth-order valence-electron chi connectivity index (χ4n) is 1.95. The largest absolute Gasteiger partial charge is 0.493 e. The molecule has 2 aromatic rings. The second kappa shape index (κ2) is 6.97. The second-order valence-electron chi connectivity index (χ2n) is 4.23. The Hall–Kier alpha value is -0.800. The van der Waals surface area contributed by atoms with E-state index in [0.717, 1.165) is 0 Å². The zero-order valence-corrected chi connectivity index (χ0v) is 14.3. The first-order chi connectivity index (χ1) is 9.99. The zero-order chi connectivity index (χ0) is 15.6. The lowest BCUT2D eigenvalue weighted by atomic mass is 10.0. The van der Waals surface area contributed by atoms with Crippen molar-refractivity contribution in [1.82, 2.24) is 0 Å². The van der Waals surface area contributed by atoms with Crippen molar-refractivity contribution in [3.8, 4) is 11.5 Å². The third-order valence-electron chi connectivity index (χ3n) is 3.03. The minimum absolute atomic E-state index is 0.407. The predicted octanol–water partition coefficient (Wildman–Crippen LogP) is 5.99. The molecule has 0 heterocycles. The average molecular weight is 366 g/mol. The van der Waals surface area contributed by atoms with Gasteiger partial charge < -0.3 is 9.47 Å². The molecule has 0 saturated heterocycles. The van der Waals surface area contributed by atoms with E-state index in [1.54, 1.807) is 44.6 Å². The van der Waals surface area contributed by atoms with Crippen LogP contribution >= 0.6 is 46.4 Å². The summed E-state index contributed by atoms with van der Waals surface area (Å²) in [5, 5.41) is 0.758. The highest BCUT2D eigenvalue weighted by molar-refractivity contribution is 6.43. The van der Waals surface area contributed by atoms with Crippen molar-refractivity contribution in [3.05, 3.63) is 56.5 Å². The van der Waals surface area contributed by atoms with Gasteiger partial charge >= 0.3 is 0 Å². The molecule has 0 aliphatic heterocycles. The Morgan fingerprint density at radius 2 is 1.48 bits per heavy atom. The smallest absolute Gasteiger partial charge is 0.162 e. The second-order valence-corrected chi connectivity index (χ2v) is 5.86. The van der Waals surface area contributed by atoms with Crippen LogP contribution in [0.5, 0.6) is 11.5 Å². The molecule has 1 unspecified atom stereocenters. The molecule has 2 nitrogen and oxygen atoms in total. The Morgan fingerprint density at radius 3 is 2.10 bits per heavy atom. The van der Waals surface area contributed by atoms with Crippen molar-refractivity contribution in [2.24, 2.45) is 0 Å². The lowest BCUT2D eigenvalue weighted by molar-refractivity contribution is 0.354. The van der Waals surface area contributed by atoms with Crippen molar-refractivity contribution in [2.45, 2.75) is 5.38 Å². The molecule has 0 fully saturated rings. The summed E-state index contributed by atoms with van der Waals surface area (Å²) in [6.07, 6.45) is 0. The number of rotatable bonds is 4. The van der Waals surface area contributed by atoms with Crippen molar-refractivity contribution < 1.29 is 9.47 Å². The highest BCUT2D eigenvalue weighted by Crippen LogP contribution is 2.43. The Morgan fingerprint density at radius 1 is 0.857 bits per heavy atom. The molecule has 0 aliphatic carbocycles. The van der Waals surface area contributed by atoms with Gasteiger partial charge in [0, 0.05) is 11.1 Å². The fourth-order valence-corrected chi connectivity index (χ4v) is 3.10. The molecule has 1 atom stereocenters. The Bertz CT molecular complexity index is 658. The third-order valence-corrected chi connectivity index (χ3v) is 4.66. The van der Waals surface area contributed by atoms with Crippen LogP contribution in [0.3, 0.4) is 0 Å². The average Bonchev–Trinajstić information content (AvgIpc) is 2.49. The molecule has 0 saturated carbocycles. The first kappa shape index (κ1) is 16.6. The summed E-state index contributed by atoms with van der Waals surface area (Å²) >= 11 is 25.0. The molecule has 2 rings (SSSR count).